The molecular weight excluding hydrogens is 534 g/mol. The third kappa shape index (κ3) is 10.0. The van der Waals surface area contributed by atoms with E-state index in [0.717, 1.165) is 31.2 Å². The number of ether oxygens (including phenoxy) is 1. The van der Waals surface area contributed by atoms with E-state index < -0.39 is 42.2 Å². The molecule has 2 atom stereocenters. The number of benzene rings is 2. The first-order valence-corrected chi connectivity index (χ1v) is 14.0. The molecule has 3 amide bonds. The molecule has 0 spiro atoms. The summed E-state index contributed by atoms with van der Waals surface area (Å²) in [5, 5.41) is 25.6. The first-order chi connectivity index (χ1) is 18.9. The Labute approximate surface area is 241 Å². The number of para-hydroxylation sites is 1. The summed E-state index contributed by atoms with van der Waals surface area (Å²) in [7, 11) is 0. The molecule has 0 aliphatic carbocycles. The summed E-state index contributed by atoms with van der Waals surface area (Å²) in [6, 6.07) is 8.72. The Morgan fingerprint density at radius 2 is 1.68 bits per heavy atom. The van der Waals surface area contributed by atoms with Gasteiger partial charge in [-0.15, -0.1) is 0 Å². The van der Waals surface area contributed by atoms with Gasteiger partial charge in [-0.2, -0.15) is 0 Å². The van der Waals surface area contributed by atoms with E-state index in [1.54, 1.807) is 58.0 Å². The zero-order valence-corrected chi connectivity index (χ0v) is 24.8. The van der Waals surface area contributed by atoms with Crippen molar-refractivity contribution in [3.8, 4) is 5.75 Å². The number of rotatable bonds is 13. The van der Waals surface area contributed by atoms with Gasteiger partial charge in [0.15, 0.2) is 0 Å². The number of phenolic OH excluding ortho intramolecular Hbond substituents is 1. The molecule has 4 N–H and O–H groups in total. The number of amides is 3. The standard InChI is InChI=1S/C30H42ClN3O6/c1-6-7-8-9-10-18-34(28(38)24(19-35)32-29(39)40-30(3,4)5)26(21-14-16-22(36)17-15-21)27(37)33-25-20(2)12-11-13-23(25)31/h11-17,24,26,35-36H,6-10,18-19H2,1-5H3,(H,32,39)(H,33,37). The van der Waals surface area contributed by atoms with Crippen LogP contribution in [0.1, 0.15) is 77.0 Å². The molecule has 0 heterocycles. The Morgan fingerprint density at radius 3 is 2.25 bits per heavy atom. The van der Waals surface area contributed by atoms with Gasteiger partial charge in [0.1, 0.15) is 23.4 Å². The lowest BCUT2D eigenvalue weighted by Gasteiger charge is -2.34. The quantitative estimate of drug-likeness (QED) is 0.226. The number of hydrogen-bond donors (Lipinski definition) is 4. The number of alkyl carbamates (subject to hydrolysis) is 1. The van der Waals surface area contributed by atoms with E-state index in [0.29, 0.717) is 22.7 Å². The Bertz CT molecular complexity index is 1110. The fraction of sp³-hybridized carbons (Fsp3) is 0.500. The summed E-state index contributed by atoms with van der Waals surface area (Å²) in [5.41, 5.74) is 0.783. The van der Waals surface area contributed by atoms with E-state index in [-0.39, 0.29) is 12.3 Å². The molecule has 40 heavy (non-hydrogen) atoms. The molecule has 0 bridgehead atoms. The van der Waals surface area contributed by atoms with E-state index in [1.165, 1.54) is 17.0 Å². The minimum Gasteiger partial charge on any atom is -0.508 e. The number of aromatic hydroxyl groups is 1. The van der Waals surface area contributed by atoms with Gasteiger partial charge in [0.25, 0.3) is 5.91 Å². The summed E-state index contributed by atoms with van der Waals surface area (Å²) >= 11 is 6.38. The molecule has 0 aromatic heterocycles. The number of hydrogen-bond acceptors (Lipinski definition) is 6. The molecule has 2 aromatic carbocycles. The number of aryl methyl sites for hydroxylation is 1. The van der Waals surface area contributed by atoms with Crippen LogP contribution >= 0.6 is 11.6 Å². The number of carbonyl (C=O) groups excluding carboxylic acids is 3. The highest BCUT2D eigenvalue weighted by Gasteiger charge is 2.36. The van der Waals surface area contributed by atoms with Crippen LogP contribution in [0, 0.1) is 6.92 Å². The van der Waals surface area contributed by atoms with Crippen molar-refractivity contribution in [2.75, 3.05) is 18.5 Å². The van der Waals surface area contributed by atoms with Crippen molar-refractivity contribution in [1.82, 2.24) is 10.2 Å². The van der Waals surface area contributed by atoms with Gasteiger partial charge < -0.3 is 30.5 Å². The minimum atomic E-state index is -1.35. The van der Waals surface area contributed by atoms with Crippen molar-refractivity contribution < 1.29 is 29.3 Å². The second kappa shape index (κ2) is 15.5. The van der Waals surface area contributed by atoms with Gasteiger partial charge in [0.2, 0.25) is 5.91 Å². The lowest BCUT2D eigenvalue weighted by Crippen LogP contribution is -2.54. The second-order valence-electron chi connectivity index (χ2n) is 10.7. The molecule has 2 rings (SSSR count). The Kier molecular flexibility index (Phi) is 12.7. The molecule has 220 valence electrons. The SMILES string of the molecule is CCCCCCCN(C(=O)C(CO)NC(=O)OC(C)(C)C)C(C(=O)Nc1c(C)cccc1Cl)c1ccc(O)cc1. The van der Waals surface area contributed by atoms with Gasteiger partial charge in [0.05, 0.1) is 17.3 Å². The number of anilines is 1. The predicted molar refractivity (Wildman–Crippen MR) is 156 cm³/mol. The molecule has 2 aromatic rings. The van der Waals surface area contributed by atoms with Crippen molar-refractivity contribution in [2.24, 2.45) is 0 Å². The van der Waals surface area contributed by atoms with Gasteiger partial charge in [-0.3, -0.25) is 9.59 Å². The number of carbonyl (C=O) groups is 3. The largest absolute Gasteiger partial charge is 0.508 e. The monoisotopic (exact) mass is 575 g/mol. The second-order valence-corrected chi connectivity index (χ2v) is 11.1. The number of phenols is 1. The van der Waals surface area contributed by atoms with Gasteiger partial charge in [-0.25, -0.2) is 4.79 Å². The lowest BCUT2D eigenvalue weighted by atomic mass is 10.0. The highest BCUT2D eigenvalue weighted by molar-refractivity contribution is 6.34. The minimum absolute atomic E-state index is 0.00197. The Balaban J connectivity index is 2.49. The van der Waals surface area contributed by atoms with Crippen LogP contribution in [0.5, 0.6) is 5.75 Å². The first-order valence-electron chi connectivity index (χ1n) is 13.6. The van der Waals surface area contributed by atoms with Crippen molar-refractivity contribution in [2.45, 2.75) is 84.4 Å². The maximum absolute atomic E-state index is 13.9. The molecule has 0 saturated carbocycles. The highest BCUT2D eigenvalue weighted by Crippen LogP contribution is 2.30. The normalized spacial score (nSPS) is 12.8. The molecule has 0 radical (unpaired) electrons. The smallest absolute Gasteiger partial charge is 0.408 e. The topological polar surface area (TPSA) is 128 Å². The van der Waals surface area contributed by atoms with Crippen LogP contribution in [-0.4, -0.2) is 57.8 Å². The number of nitrogens with one attached hydrogen (secondary N) is 2. The lowest BCUT2D eigenvalue weighted by molar-refractivity contribution is -0.141. The zero-order chi connectivity index (χ0) is 29.9. The third-order valence-electron chi connectivity index (χ3n) is 6.20. The number of aliphatic hydroxyl groups excluding tert-OH is 1. The molecular formula is C30H42ClN3O6. The third-order valence-corrected chi connectivity index (χ3v) is 6.51. The molecule has 0 saturated heterocycles. The Hall–Kier alpha value is -3.30. The molecule has 10 heteroatoms. The van der Waals surface area contributed by atoms with E-state index in [4.69, 9.17) is 16.3 Å². The van der Waals surface area contributed by atoms with Crippen molar-refractivity contribution in [3.05, 3.63) is 58.6 Å². The van der Waals surface area contributed by atoms with Gasteiger partial charge >= 0.3 is 6.09 Å². The highest BCUT2D eigenvalue weighted by atomic mass is 35.5. The van der Waals surface area contributed by atoms with Crippen molar-refractivity contribution in [1.29, 1.82) is 0 Å². The molecule has 0 aliphatic rings. The van der Waals surface area contributed by atoms with E-state index in [1.807, 2.05) is 0 Å². The van der Waals surface area contributed by atoms with Gasteiger partial charge in [0, 0.05) is 6.54 Å². The Morgan fingerprint density at radius 1 is 1.02 bits per heavy atom. The predicted octanol–water partition coefficient (Wildman–Crippen LogP) is 5.72. The fourth-order valence-electron chi connectivity index (χ4n) is 4.20. The van der Waals surface area contributed by atoms with Crippen LogP contribution in [0.2, 0.25) is 5.02 Å². The van der Waals surface area contributed by atoms with Gasteiger partial charge in [-0.1, -0.05) is 68.5 Å². The van der Waals surface area contributed by atoms with Crippen LogP contribution in [0.3, 0.4) is 0 Å². The summed E-state index contributed by atoms with van der Waals surface area (Å²) < 4.78 is 5.28. The molecule has 0 aliphatic heterocycles. The zero-order valence-electron chi connectivity index (χ0n) is 24.0. The molecule has 2 unspecified atom stereocenters. The van der Waals surface area contributed by atoms with Crippen LogP contribution in [0.25, 0.3) is 0 Å². The summed E-state index contributed by atoms with van der Waals surface area (Å²) in [4.78, 5) is 41.6. The maximum atomic E-state index is 13.9. The van der Waals surface area contributed by atoms with Crippen LogP contribution in [-0.2, 0) is 14.3 Å². The first kappa shape index (κ1) is 32.9. The summed E-state index contributed by atoms with van der Waals surface area (Å²) in [5.74, 6) is -1.17. The van der Waals surface area contributed by atoms with Crippen molar-refractivity contribution in [3.63, 3.8) is 0 Å². The number of aliphatic hydroxyl groups is 1. The average molecular weight is 576 g/mol. The van der Waals surface area contributed by atoms with Crippen LogP contribution < -0.4 is 10.6 Å². The average Bonchev–Trinajstić information content (AvgIpc) is 2.88. The van der Waals surface area contributed by atoms with E-state index in [9.17, 15) is 24.6 Å². The summed E-state index contributed by atoms with van der Waals surface area (Å²) in [6.45, 7) is 8.46. The van der Waals surface area contributed by atoms with Crippen LogP contribution in [0.4, 0.5) is 10.5 Å². The summed E-state index contributed by atoms with van der Waals surface area (Å²) in [6.07, 6.45) is 3.62. The molecule has 9 nitrogen and oxygen atoms in total. The van der Waals surface area contributed by atoms with Crippen molar-refractivity contribution >= 4 is 35.2 Å². The maximum Gasteiger partial charge on any atom is 0.408 e. The number of nitrogens with zero attached hydrogens (tertiary/aromatic N) is 1. The number of unbranched alkanes of at least 4 members (excludes halogenated alkanes) is 4. The van der Waals surface area contributed by atoms with E-state index in [2.05, 4.69) is 17.6 Å². The molecule has 0 fully saturated rings. The van der Waals surface area contributed by atoms with Crippen LogP contribution in [0.15, 0.2) is 42.5 Å². The fourth-order valence-corrected chi connectivity index (χ4v) is 4.47. The van der Waals surface area contributed by atoms with Gasteiger partial charge in [-0.05, 0) is 63.4 Å². The van der Waals surface area contributed by atoms with E-state index >= 15 is 0 Å². The number of halogens is 1.